The standard InChI is InChI=1S/C17H18BrN7OS2/c18-12-5-3-4-11(8-12)9-27-14-7-2-1-6-13(14)21-15(26)10-28-17-24-23-16(22-19)25(17)20/h1-8H,9-10,19-20H2,(H,21,26)(H,22,23). The molecule has 1 amide bonds. The number of halogens is 1. The Hall–Kier alpha value is -2.21. The second-order valence-corrected chi connectivity index (χ2v) is 8.45. The minimum atomic E-state index is -0.161. The molecule has 28 heavy (non-hydrogen) atoms. The number of hydrogen-bond acceptors (Lipinski definition) is 8. The van der Waals surface area contributed by atoms with Gasteiger partial charge in [0.1, 0.15) is 0 Å². The zero-order chi connectivity index (χ0) is 19.9. The number of nitrogen functional groups attached to an aromatic ring is 2. The summed E-state index contributed by atoms with van der Waals surface area (Å²) in [6.45, 7) is 0. The van der Waals surface area contributed by atoms with Gasteiger partial charge in [-0.3, -0.25) is 10.2 Å². The average molecular weight is 480 g/mol. The predicted molar refractivity (Wildman–Crippen MR) is 117 cm³/mol. The Balaban J connectivity index is 1.59. The molecule has 0 bridgehead atoms. The fourth-order valence-corrected chi connectivity index (χ4v) is 4.33. The van der Waals surface area contributed by atoms with Gasteiger partial charge in [-0.1, -0.05) is 52.0 Å². The molecule has 6 N–H and O–H groups in total. The first-order valence-corrected chi connectivity index (χ1v) is 10.9. The lowest BCUT2D eigenvalue weighted by molar-refractivity contribution is -0.113. The Kier molecular flexibility index (Phi) is 7.20. The van der Waals surface area contributed by atoms with Crippen molar-refractivity contribution in [3.8, 4) is 0 Å². The minimum Gasteiger partial charge on any atom is -0.334 e. The number of hydrogen-bond donors (Lipinski definition) is 4. The summed E-state index contributed by atoms with van der Waals surface area (Å²) in [7, 11) is 0. The van der Waals surface area contributed by atoms with E-state index in [4.69, 9.17) is 11.7 Å². The van der Waals surface area contributed by atoms with Gasteiger partial charge in [0.2, 0.25) is 11.1 Å². The van der Waals surface area contributed by atoms with E-state index >= 15 is 0 Å². The summed E-state index contributed by atoms with van der Waals surface area (Å²) in [5, 5.41) is 11.0. The second kappa shape index (κ2) is 9.82. The number of aromatic nitrogens is 3. The second-order valence-electron chi connectivity index (χ2n) is 5.57. The van der Waals surface area contributed by atoms with Crippen LogP contribution in [0.5, 0.6) is 0 Å². The third-order valence-corrected chi connectivity index (χ3v) is 6.15. The number of nitrogens with zero attached hydrogens (tertiary/aromatic N) is 3. The molecule has 0 saturated carbocycles. The van der Waals surface area contributed by atoms with Crippen molar-refractivity contribution >= 4 is 57.0 Å². The van der Waals surface area contributed by atoms with Gasteiger partial charge in [0.15, 0.2) is 0 Å². The van der Waals surface area contributed by atoms with E-state index in [-0.39, 0.29) is 17.6 Å². The van der Waals surface area contributed by atoms with Crippen LogP contribution in [-0.2, 0) is 10.5 Å². The van der Waals surface area contributed by atoms with E-state index in [2.05, 4.69) is 49.0 Å². The molecule has 146 valence electrons. The molecule has 2 aromatic carbocycles. The van der Waals surface area contributed by atoms with Crippen molar-refractivity contribution in [1.82, 2.24) is 14.9 Å². The minimum absolute atomic E-state index is 0.143. The van der Waals surface area contributed by atoms with E-state index in [1.165, 1.54) is 22.0 Å². The van der Waals surface area contributed by atoms with E-state index in [9.17, 15) is 4.79 Å². The van der Waals surface area contributed by atoms with Crippen LogP contribution >= 0.6 is 39.5 Å². The quantitative estimate of drug-likeness (QED) is 0.220. The largest absolute Gasteiger partial charge is 0.334 e. The number of para-hydroxylation sites is 1. The maximum atomic E-state index is 12.4. The Morgan fingerprint density at radius 2 is 1.96 bits per heavy atom. The Morgan fingerprint density at radius 3 is 2.71 bits per heavy atom. The molecule has 0 aliphatic carbocycles. The number of rotatable bonds is 8. The Morgan fingerprint density at radius 1 is 1.14 bits per heavy atom. The number of anilines is 2. The normalized spacial score (nSPS) is 10.6. The van der Waals surface area contributed by atoms with Crippen molar-refractivity contribution in [3.05, 3.63) is 58.6 Å². The third-order valence-electron chi connectivity index (χ3n) is 3.57. The molecule has 0 aliphatic heterocycles. The van der Waals surface area contributed by atoms with E-state index in [1.54, 1.807) is 11.8 Å². The lowest BCUT2D eigenvalue weighted by Crippen LogP contribution is -2.19. The zero-order valence-corrected chi connectivity index (χ0v) is 17.9. The zero-order valence-electron chi connectivity index (χ0n) is 14.6. The van der Waals surface area contributed by atoms with Gasteiger partial charge in [-0.05, 0) is 29.8 Å². The first-order chi connectivity index (χ1) is 13.6. The van der Waals surface area contributed by atoms with Gasteiger partial charge in [0.25, 0.3) is 5.95 Å². The van der Waals surface area contributed by atoms with Gasteiger partial charge < -0.3 is 11.2 Å². The highest BCUT2D eigenvalue weighted by Gasteiger charge is 2.13. The summed E-state index contributed by atoms with van der Waals surface area (Å²) >= 11 is 6.32. The highest BCUT2D eigenvalue weighted by atomic mass is 79.9. The highest BCUT2D eigenvalue weighted by molar-refractivity contribution is 9.10. The number of nitrogens with two attached hydrogens (primary N) is 2. The van der Waals surface area contributed by atoms with Gasteiger partial charge in [0.05, 0.1) is 11.4 Å². The van der Waals surface area contributed by atoms with E-state index in [0.29, 0.717) is 5.16 Å². The molecule has 1 aromatic heterocycles. The maximum absolute atomic E-state index is 12.4. The van der Waals surface area contributed by atoms with Crippen LogP contribution in [-0.4, -0.2) is 26.5 Å². The molecular formula is C17H18BrN7OS2. The molecule has 0 saturated heterocycles. The molecule has 8 nitrogen and oxygen atoms in total. The monoisotopic (exact) mass is 479 g/mol. The Bertz CT molecular complexity index is 966. The highest BCUT2D eigenvalue weighted by Crippen LogP contribution is 2.30. The topological polar surface area (TPSA) is 124 Å². The van der Waals surface area contributed by atoms with Crippen molar-refractivity contribution in [3.63, 3.8) is 0 Å². The number of thioether (sulfide) groups is 2. The van der Waals surface area contributed by atoms with Gasteiger partial charge in [-0.15, -0.1) is 22.0 Å². The van der Waals surface area contributed by atoms with E-state index in [1.807, 2.05) is 36.4 Å². The average Bonchev–Trinajstić information content (AvgIpc) is 3.05. The lowest BCUT2D eigenvalue weighted by atomic mass is 10.2. The first-order valence-electron chi connectivity index (χ1n) is 8.13. The summed E-state index contributed by atoms with van der Waals surface area (Å²) in [5.41, 5.74) is 4.29. The maximum Gasteiger partial charge on any atom is 0.258 e. The summed E-state index contributed by atoms with van der Waals surface area (Å²) in [5.74, 6) is 12.0. The van der Waals surface area contributed by atoms with Gasteiger partial charge in [-0.2, -0.15) is 0 Å². The predicted octanol–water partition coefficient (Wildman–Crippen LogP) is 3.06. The summed E-state index contributed by atoms with van der Waals surface area (Å²) in [4.78, 5) is 13.4. The number of hydrazine groups is 1. The molecule has 0 unspecified atom stereocenters. The number of benzene rings is 2. The van der Waals surface area contributed by atoms with Crippen LogP contribution in [0.2, 0.25) is 0 Å². The van der Waals surface area contributed by atoms with Gasteiger partial charge in [-0.25, -0.2) is 10.5 Å². The molecular weight excluding hydrogens is 462 g/mol. The van der Waals surface area contributed by atoms with Crippen LogP contribution < -0.4 is 22.4 Å². The van der Waals surface area contributed by atoms with Crippen LogP contribution in [0.1, 0.15) is 5.56 Å². The lowest BCUT2D eigenvalue weighted by Gasteiger charge is -2.11. The smallest absolute Gasteiger partial charge is 0.258 e. The Labute approximate surface area is 178 Å². The van der Waals surface area contributed by atoms with Crippen LogP contribution in [0.25, 0.3) is 0 Å². The summed E-state index contributed by atoms with van der Waals surface area (Å²) in [6, 6.07) is 15.9. The number of nitrogens with one attached hydrogen (secondary N) is 2. The molecule has 3 rings (SSSR count). The molecule has 0 fully saturated rings. The number of amides is 1. The number of carbonyl (C=O) groups is 1. The molecule has 0 radical (unpaired) electrons. The SMILES string of the molecule is NNc1nnc(SCC(=O)Nc2ccccc2SCc2cccc(Br)c2)n1N. The summed E-state index contributed by atoms with van der Waals surface area (Å²) < 4.78 is 2.24. The number of carbonyl (C=O) groups excluding carboxylic acids is 1. The van der Waals surface area contributed by atoms with Crippen LogP contribution in [0.4, 0.5) is 11.6 Å². The van der Waals surface area contributed by atoms with Gasteiger partial charge in [0, 0.05) is 15.1 Å². The molecule has 11 heteroatoms. The van der Waals surface area contributed by atoms with Gasteiger partial charge >= 0.3 is 0 Å². The molecule has 3 aromatic rings. The fourth-order valence-electron chi connectivity index (χ4n) is 2.27. The van der Waals surface area contributed by atoms with E-state index in [0.717, 1.165) is 20.8 Å². The van der Waals surface area contributed by atoms with Crippen LogP contribution in [0.3, 0.4) is 0 Å². The van der Waals surface area contributed by atoms with Crippen LogP contribution in [0.15, 0.2) is 63.1 Å². The van der Waals surface area contributed by atoms with Crippen LogP contribution in [0, 0.1) is 0 Å². The molecule has 0 atom stereocenters. The van der Waals surface area contributed by atoms with Crippen molar-refractivity contribution in [2.24, 2.45) is 5.84 Å². The summed E-state index contributed by atoms with van der Waals surface area (Å²) in [6.07, 6.45) is 0. The van der Waals surface area contributed by atoms with E-state index < -0.39 is 0 Å². The van der Waals surface area contributed by atoms with Crippen molar-refractivity contribution in [2.75, 3.05) is 22.3 Å². The van der Waals surface area contributed by atoms with Crippen molar-refractivity contribution in [2.45, 2.75) is 15.8 Å². The molecule has 0 aliphatic rings. The molecule has 0 spiro atoms. The van der Waals surface area contributed by atoms with Crippen molar-refractivity contribution in [1.29, 1.82) is 0 Å². The van der Waals surface area contributed by atoms with Crippen molar-refractivity contribution < 1.29 is 4.79 Å². The molecule has 1 heterocycles. The fraction of sp³-hybridized carbons (Fsp3) is 0.118. The first kappa shape index (κ1) is 20.5. The third kappa shape index (κ3) is 5.41.